The monoisotopic (exact) mass is 243 g/mol. The van der Waals surface area contributed by atoms with Crippen LogP contribution >= 0.6 is 0 Å². The van der Waals surface area contributed by atoms with Gasteiger partial charge in [-0.05, 0) is 25.8 Å². The molecule has 17 heavy (non-hydrogen) atoms. The fraction of sp³-hybridized carbons (Fsp3) is 0.917. The zero-order valence-electron chi connectivity index (χ0n) is 10.3. The lowest BCUT2D eigenvalue weighted by atomic mass is 9.66. The summed E-state index contributed by atoms with van der Waals surface area (Å²) in [5, 5.41) is 20.2. The van der Waals surface area contributed by atoms with Crippen LogP contribution in [-0.4, -0.2) is 59.5 Å². The molecule has 0 spiro atoms. The Bertz CT molecular complexity index is 291. The summed E-state index contributed by atoms with van der Waals surface area (Å²) >= 11 is 0. The van der Waals surface area contributed by atoms with Crippen LogP contribution in [0.2, 0.25) is 0 Å². The summed E-state index contributed by atoms with van der Waals surface area (Å²) in [6.45, 7) is 5.14. The van der Waals surface area contributed by atoms with E-state index in [4.69, 9.17) is 4.74 Å². The molecule has 0 aromatic rings. The van der Waals surface area contributed by atoms with Crippen LogP contribution in [0.15, 0.2) is 0 Å². The van der Waals surface area contributed by atoms with Crippen LogP contribution in [0.25, 0.3) is 0 Å². The van der Waals surface area contributed by atoms with Crippen LogP contribution in [0.5, 0.6) is 0 Å². The van der Waals surface area contributed by atoms with E-state index < -0.39 is 17.0 Å². The highest BCUT2D eigenvalue weighted by molar-refractivity contribution is 5.77. The second kappa shape index (κ2) is 4.55. The second-order valence-electron chi connectivity index (χ2n) is 5.16. The van der Waals surface area contributed by atoms with Gasteiger partial charge in [-0.25, -0.2) is 0 Å². The van der Waals surface area contributed by atoms with E-state index in [9.17, 15) is 15.0 Å². The fourth-order valence-corrected chi connectivity index (χ4v) is 3.02. The molecule has 2 saturated heterocycles. The Labute approximate surface area is 101 Å². The van der Waals surface area contributed by atoms with Gasteiger partial charge in [-0.3, -0.25) is 4.79 Å². The number of aliphatic hydroxyl groups is 1. The van der Waals surface area contributed by atoms with Gasteiger partial charge in [0, 0.05) is 19.7 Å². The third-order valence-corrected chi connectivity index (χ3v) is 4.45. The van der Waals surface area contributed by atoms with Gasteiger partial charge in [-0.2, -0.15) is 0 Å². The van der Waals surface area contributed by atoms with Crippen molar-refractivity contribution in [3.05, 3.63) is 0 Å². The number of aliphatic carboxylic acids is 1. The Balaban J connectivity index is 2.16. The SMILES string of the molecule is CCN1CCC(O)(C2(C(=O)O)CCOC2)CC1. The third-order valence-electron chi connectivity index (χ3n) is 4.45. The van der Waals surface area contributed by atoms with Crippen molar-refractivity contribution in [3.63, 3.8) is 0 Å². The first-order chi connectivity index (χ1) is 8.04. The number of carboxylic acid groups (broad SMARTS) is 1. The largest absolute Gasteiger partial charge is 0.481 e. The molecule has 2 fully saturated rings. The normalized spacial score (nSPS) is 33.8. The Morgan fingerprint density at radius 3 is 2.41 bits per heavy atom. The van der Waals surface area contributed by atoms with Crippen LogP contribution in [0, 0.1) is 5.41 Å². The number of ether oxygens (including phenoxy) is 1. The van der Waals surface area contributed by atoms with Crippen molar-refractivity contribution in [2.24, 2.45) is 5.41 Å². The first-order valence-corrected chi connectivity index (χ1v) is 6.30. The molecule has 0 aromatic heterocycles. The molecule has 0 saturated carbocycles. The molecule has 5 nitrogen and oxygen atoms in total. The summed E-state index contributed by atoms with van der Waals surface area (Å²) in [6.07, 6.45) is 1.47. The van der Waals surface area contributed by atoms with E-state index in [0.29, 0.717) is 25.9 Å². The summed E-state index contributed by atoms with van der Waals surface area (Å²) in [6, 6.07) is 0. The van der Waals surface area contributed by atoms with E-state index in [1.54, 1.807) is 0 Å². The average molecular weight is 243 g/mol. The number of carboxylic acids is 1. The maximum absolute atomic E-state index is 11.5. The van der Waals surface area contributed by atoms with E-state index in [1.165, 1.54) is 0 Å². The van der Waals surface area contributed by atoms with Gasteiger partial charge in [0.25, 0.3) is 0 Å². The van der Waals surface area contributed by atoms with Gasteiger partial charge in [-0.1, -0.05) is 6.92 Å². The van der Waals surface area contributed by atoms with Crippen LogP contribution in [0.3, 0.4) is 0 Å². The zero-order chi connectivity index (χ0) is 12.5. The maximum atomic E-state index is 11.5. The molecule has 2 aliphatic rings. The van der Waals surface area contributed by atoms with Gasteiger partial charge in [-0.15, -0.1) is 0 Å². The van der Waals surface area contributed by atoms with Crippen molar-refractivity contribution >= 4 is 5.97 Å². The summed E-state index contributed by atoms with van der Waals surface area (Å²) in [5.74, 6) is -0.914. The first kappa shape index (κ1) is 12.8. The highest BCUT2D eigenvalue weighted by atomic mass is 16.5. The highest BCUT2D eigenvalue weighted by Crippen LogP contribution is 2.45. The van der Waals surface area contributed by atoms with Gasteiger partial charge < -0.3 is 19.8 Å². The molecule has 2 heterocycles. The van der Waals surface area contributed by atoms with Crippen molar-refractivity contribution in [2.45, 2.75) is 31.8 Å². The Morgan fingerprint density at radius 1 is 1.35 bits per heavy atom. The minimum atomic E-state index is -1.11. The van der Waals surface area contributed by atoms with Gasteiger partial charge in [0.2, 0.25) is 0 Å². The van der Waals surface area contributed by atoms with Crippen molar-refractivity contribution in [1.82, 2.24) is 4.90 Å². The van der Waals surface area contributed by atoms with Crippen molar-refractivity contribution in [2.75, 3.05) is 32.8 Å². The Morgan fingerprint density at radius 2 is 2.00 bits per heavy atom. The van der Waals surface area contributed by atoms with Crippen LogP contribution in [-0.2, 0) is 9.53 Å². The van der Waals surface area contributed by atoms with E-state index in [2.05, 4.69) is 11.8 Å². The van der Waals surface area contributed by atoms with Gasteiger partial charge in [0.1, 0.15) is 5.41 Å². The first-order valence-electron chi connectivity index (χ1n) is 6.30. The molecule has 0 aromatic carbocycles. The molecule has 0 bridgehead atoms. The van der Waals surface area contributed by atoms with E-state index in [1.807, 2.05) is 0 Å². The topological polar surface area (TPSA) is 70.0 Å². The molecule has 1 unspecified atom stereocenters. The number of hydrogen-bond donors (Lipinski definition) is 2. The van der Waals surface area contributed by atoms with Crippen LogP contribution < -0.4 is 0 Å². The lowest BCUT2D eigenvalue weighted by Crippen LogP contribution is -2.58. The molecule has 0 aliphatic carbocycles. The number of likely N-dealkylation sites (tertiary alicyclic amines) is 1. The molecule has 2 aliphatic heterocycles. The van der Waals surface area contributed by atoms with Gasteiger partial charge in [0.15, 0.2) is 0 Å². The number of rotatable bonds is 3. The molecule has 0 radical (unpaired) electrons. The zero-order valence-corrected chi connectivity index (χ0v) is 10.3. The summed E-state index contributed by atoms with van der Waals surface area (Å²) in [5.41, 5.74) is -2.20. The lowest BCUT2D eigenvalue weighted by molar-refractivity contribution is -0.177. The summed E-state index contributed by atoms with van der Waals surface area (Å²) < 4.78 is 5.24. The molecule has 1 atom stereocenters. The minimum absolute atomic E-state index is 0.144. The number of piperidine rings is 1. The van der Waals surface area contributed by atoms with Crippen molar-refractivity contribution in [3.8, 4) is 0 Å². The maximum Gasteiger partial charge on any atom is 0.315 e. The number of hydrogen-bond acceptors (Lipinski definition) is 4. The number of carbonyl (C=O) groups is 1. The molecule has 98 valence electrons. The molecule has 2 N–H and O–H groups in total. The summed E-state index contributed by atoms with van der Waals surface area (Å²) in [4.78, 5) is 13.8. The van der Waals surface area contributed by atoms with Crippen molar-refractivity contribution in [1.29, 1.82) is 0 Å². The molecular formula is C12H21NO4. The predicted octanol–water partition coefficient (Wildman–Crippen LogP) is 0.324. The smallest absolute Gasteiger partial charge is 0.315 e. The quantitative estimate of drug-likeness (QED) is 0.747. The predicted molar refractivity (Wildman–Crippen MR) is 61.8 cm³/mol. The summed E-state index contributed by atoms with van der Waals surface area (Å²) in [7, 11) is 0. The minimum Gasteiger partial charge on any atom is -0.481 e. The fourth-order valence-electron chi connectivity index (χ4n) is 3.02. The standard InChI is InChI=1S/C12H21NO4/c1-2-13-6-3-12(16,4-7-13)11(10(14)15)5-8-17-9-11/h16H,2-9H2,1H3,(H,14,15). The van der Waals surface area contributed by atoms with E-state index in [0.717, 1.165) is 19.6 Å². The molecular weight excluding hydrogens is 222 g/mol. The second-order valence-corrected chi connectivity index (χ2v) is 5.16. The van der Waals surface area contributed by atoms with E-state index in [-0.39, 0.29) is 6.61 Å². The molecule has 0 amide bonds. The van der Waals surface area contributed by atoms with E-state index >= 15 is 0 Å². The Kier molecular flexibility index (Phi) is 3.43. The van der Waals surface area contributed by atoms with Crippen LogP contribution in [0.1, 0.15) is 26.2 Å². The number of nitrogens with zero attached hydrogens (tertiary/aromatic N) is 1. The lowest BCUT2D eigenvalue weighted by Gasteiger charge is -2.46. The highest BCUT2D eigenvalue weighted by Gasteiger charge is 2.58. The van der Waals surface area contributed by atoms with Gasteiger partial charge in [0.05, 0.1) is 12.2 Å². The van der Waals surface area contributed by atoms with Gasteiger partial charge >= 0.3 is 5.97 Å². The van der Waals surface area contributed by atoms with Crippen LogP contribution in [0.4, 0.5) is 0 Å². The average Bonchev–Trinajstić information content (AvgIpc) is 2.81. The Hall–Kier alpha value is -0.650. The van der Waals surface area contributed by atoms with Crippen molar-refractivity contribution < 1.29 is 19.7 Å². The molecule has 2 rings (SSSR count). The molecule has 5 heteroatoms. The third kappa shape index (κ3) is 1.96.